The molecule has 8 heteroatoms. The van der Waals surface area contributed by atoms with E-state index >= 15 is 0 Å². The maximum Gasteiger partial charge on any atom is 0.313 e. The SMILES string of the molecule is Cn1c(SCC(=O)O)nnc1-c1ccn[nH]1. The van der Waals surface area contributed by atoms with E-state index in [4.69, 9.17) is 5.11 Å². The Morgan fingerprint density at radius 2 is 2.44 bits per heavy atom. The first-order valence-corrected chi connectivity index (χ1v) is 5.41. The zero-order valence-electron chi connectivity index (χ0n) is 8.41. The van der Waals surface area contributed by atoms with E-state index in [1.807, 2.05) is 0 Å². The van der Waals surface area contributed by atoms with Crippen molar-refractivity contribution >= 4 is 17.7 Å². The minimum absolute atomic E-state index is 0.0328. The number of hydrogen-bond acceptors (Lipinski definition) is 5. The van der Waals surface area contributed by atoms with Crippen LogP contribution in [0.15, 0.2) is 17.4 Å². The summed E-state index contributed by atoms with van der Waals surface area (Å²) in [4.78, 5) is 10.4. The van der Waals surface area contributed by atoms with Crippen LogP contribution in [0.5, 0.6) is 0 Å². The van der Waals surface area contributed by atoms with Gasteiger partial charge in [-0.05, 0) is 6.07 Å². The van der Waals surface area contributed by atoms with Crippen LogP contribution < -0.4 is 0 Å². The number of thioether (sulfide) groups is 1. The van der Waals surface area contributed by atoms with E-state index in [1.165, 1.54) is 0 Å². The minimum Gasteiger partial charge on any atom is -0.481 e. The van der Waals surface area contributed by atoms with Crippen molar-refractivity contribution in [3.8, 4) is 11.5 Å². The maximum atomic E-state index is 10.4. The van der Waals surface area contributed by atoms with Gasteiger partial charge in [0.05, 0.1) is 5.75 Å². The third-order valence-electron chi connectivity index (χ3n) is 1.90. The number of carbonyl (C=O) groups is 1. The van der Waals surface area contributed by atoms with E-state index in [0.717, 1.165) is 17.5 Å². The van der Waals surface area contributed by atoms with Gasteiger partial charge < -0.3 is 9.67 Å². The van der Waals surface area contributed by atoms with Crippen molar-refractivity contribution in [1.82, 2.24) is 25.0 Å². The van der Waals surface area contributed by atoms with Crippen LogP contribution in [0.3, 0.4) is 0 Å². The molecule has 0 fully saturated rings. The second-order valence-corrected chi connectivity index (χ2v) is 3.96. The molecule has 0 amide bonds. The summed E-state index contributed by atoms with van der Waals surface area (Å²) in [6.45, 7) is 0. The van der Waals surface area contributed by atoms with E-state index in [9.17, 15) is 4.79 Å². The van der Waals surface area contributed by atoms with Crippen molar-refractivity contribution in [1.29, 1.82) is 0 Å². The van der Waals surface area contributed by atoms with Crippen LogP contribution in [0.2, 0.25) is 0 Å². The van der Waals surface area contributed by atoms with Gasteiger partial charge in [0.15, 0.2) is 11.0 Å². The summed E-state index contributed by atoms with van der Waals surface area (Å²) in [7, 11) is 1.78. The van der Waals surface area contributed by atoms with Crippen LogP contribution in [0.4, 0.5) is 0 Å². The monoisotopic (exact) mass is 239 g/mol. The standard InChI is InChI=1S/C8H9N5O2S/c1-13-7(5-2-3-9-10-5)11-12-8(13)16-4-6(14)15/h2-3H,4H2,1H3,(H,9,10)(H,14,15). The van der Waals surface area contributed by atoms with E-state index in [0.29, 0.717) is 11.0 Å². The van der Waals surface area contributed by atoms with E-state index < -0.39 is 5.97 Å². The van der Waals surface area contributed by atoms with E-state index in [-0.39, 0.29) is 5.75 Å². The van der Waals surface area contributed by atoms with Gasteiger partial charge in [0.1, 0.15) is 5.69 Å². The zero-order chi connectivity index (χ0) is 11.5. The van der Waals surface area contributed by atoms with Crippen LogP contribution in [0.1, 0.15) is 0 Å². The van der Waals surface area contributed by atoms with Gasteiger partial charge >= 0.3 is 5.97 Å². The molecule has 0 saturated heterocycles. The number of rotatable bonds is 4. The van der Waals surface area contributed by atoms with Crippen molar-refractivity contribution in [2.75, 3.05) is 5.75 Å². The molecule has 0 aromatic carbocycles. The summed E-state index contributed by atoms with van der Waals surface area (Å²) in [5.74, 6) is -0.281. The van der Waals surface area contributed by atoms with E-state index in [2.05, 4.69) is 20.4 Å². The normalized spacial score (nSPS) is 10.6. The lowest BCUT2D eigenvalue weighted by molar-refractivity contribution is -0.133. The molecule has 0 bridgehead atoms. The molecule has 0 aliphatic heterocycles. The summed E-state index contributed by atoms with van der Waals surface area (Å²) in [5, 5.41) is 23.6. The number of hydrogen-bond donors (Lipinski definition) is 2. The van der Waals surface area contributed by atoms with Gasteiger partial charge in [-0.1, -0.05) is 11.8 Å². The predicted molar refractivity (Wildman–Crippen MR) is 56.9 cm³/mol. The first-order chi connectivity index (χ1) is 7.68. The zero-order valence-corrected chi connectivity index (χ0v) is 9.23. The number of carboxylic acid groups (broad SMARTS) is 1. The fraction of sp³-hybridized carbons (Fsp3) is 0.250. The van der Waals surface area contributed by atoms with Crippen LogP contribution in [0, 0.1) is 0 Å². The van der Waals surface area contributed by atoms with Crippen molar-refractivity contribution in [2.24, 2.45) is 7.05 Å². The van der Waals surface area contributed by atoms with Gasteiger partial charge in [-0.25, -0.2) is 0 Å². The third-order valence-corrected chi connectivity index (χ3v) is 2.91. The number of nitrogens with zero attached hydrogens (tertiary/aromatic N) is 4. The molecular weight excluding hydrogens is 230 g/mol. The molecule has 0 atom stereocenters. The highest BCUT2D eigenvalue weighted by atomic mass is 32.2. The first-order valence-electron chi connectivity index (χ1n) is 4.42. The molecule has 16 heavy (non-hydrogen) atoms. The Hall–Kier alpha value is -1.83. The maximum absolute atomic E-state index is 10.4. The summed E-state index contributed by atoms with van der Waals surface area (Å²) >= 11 is 1.13. The Morgan fingerprint density at radius 3 is 3.06 bits per heavy atom. The highest BCUT2D eigenvalue weighted by Gasteiger charge is 2.12. The molecule has 0 saturated carbocycles. The van der Waals surface area contributed by atoms with Gasteiger partial charge in [0.25, 0.3) is 0 Å². The molecule has 0 radical (unpaired) electrons. The van der Waals surface area contributed by atoms with Crippen molar-refractivity contribution < 1.29 is 9.90 Å². The fourth-order valence-corrected chi connectivity index (χ4v) is 1.81. The summed E-state index contributed by atoms with van der Waals surface area (Å²) in [5.41, 5.74) is 0.747. The number of aliphatic carboxylic acids is 1. The molecule has 0 aliphatic carbocycles. The van der Waals surface area contributed by atoms with Crippen LogP contribution in [-0.4, -0.2) is 41.8 Å². The van der Waals surface area contributed by atoms with Gasteiger partial charge in [0.2, 0.25) is 0 Å². The molecule has 0 unspecified atom stereocenters. The molecule has 2 aromatic rings. The first kappa shape index (κ1) is 10.7. The lowest BCUT2D eigenvalue weighted by Gasteiger charge is -1.99. The molecular formula is C8H9N5O2S. The van der Waals surface area contributed by atoms with E-state index in [1.54, 1.807) is 23.9 Å². The lowest BCUT2D eigenvalue weighted by atomic mass is 10.4. The van der Waals surface area contributed by atoms with Gasteiger partial charge in [-0.2, -0.15) is 5.10 Å². The number of nitrogens with one attached hydrogen (secondary N) is 1. The number of aromatic amines is 1. The second-order valence-electron chi connectivity index (χ2n) is 3.02. The Balaban J connectivity index is 2.21. The third kappa shape index (κ3) is 2.06. The van der Waals surface area contributed by atoms with Crippen LogP contribution >= 0.6 is 11.8 Å². The Labute approximate surface area is 94.9 Å². The average Bonchev–Trinajstić information content (AvgIpc) is 2.84. The number of H-pyrrole nitrogens is 1. The average molecular weight is 239 g/mol. The molecule has 7 nitrogen and oxygen atoms in total. The molecule has 0 spiro atoms. The highest BCUT2D eigenvalue weighted by molar-refractivity contribution is 7.99. The fourth-order valence-electron chi connectivity index (χ4n) is 1.18. The summed E-state index contributed by atoms with van der Waals surface area (Å²) in [6, 6.07) is 1.77. The predicted octanol–water partition coefficient (Wildman–Crippen LogP) is 0.382. The van der Waals surface area contributed by atoms with Gasteiger partial charge in [-0.3, -0.25) is 9.89 Å². The molecule has 84 valence electrons. The summed E-state index contributed by atoms with van der Waals surface area (Å²) in [6.07, 6.45) is 1.62. The number of carboxylic acids is 1. The summed E-state index contributed by atoms with van der Waals surface area (Å²) < 4.78 is 1.72. The molecule has 2 aromatic heterocycles. The molecule has 2 N–H and O–H groups in total. The second kappa shape index (κ2) is 4.35. The van der Waals surface area contributed by atoms with Gasteiger partial charge in [-0.15, -0.1) is 10.2 Å². The van der Waals surface area contributed by atoms with Crippen molar-refractivity contribution in [3.05, 3.63) is 12.3 Å². The van der Waals surface area contributed by atoms with Crippen LogP contribution in [-0.2, 0) is 11.8 Å². The molecule has 2 rings (SSSR count). The largest absolute Gasteiger partial charge is 0.481 e. The topological polar surface area (TPSA) is 96.7 Å². The highest BCUT2D eigenvalue weighted by Crippen LogP contribution is 2.20. The molecule has 2 heterocycles. The lowest BCUT2D eigenvalue weighted by Crippen LogP contribution is -2.01. The van der Waals surface area contributed by atoms with Crippen LogP contribution in [0.25, 0.3) is 11.5 Å². The Morgan fingerprint density at radius 1 is 1.62 bits per heavy atom. The Kier molecular flexibility index (Phi) is 2.91. The van der Waals surface area contributed by atoms with Gasteiger partial charge in [0, 0.05) is 13.2 Å². The Bertz CT molecular complexity index is 493. The minimum atomic E-state index is -0.879. The number of aromatic nitrogens is 5. The van der Waals surface area contributed by atoms with Crippen molar-refractivity contribution in [3.63, 3.8) is 0 Å². The molecule has 0 aliphatic rings. The smallest absolute Gasteiger partial charge is 0.313 e. The quantitative estimate of drug-likeness (QED) is 0.749. The van der Waals surface area contributed by atoms with Crippen molar-refractivity contribution in [2.45, 2.75) is 5.16 Å².